The van der Waals surface area contributed by atoms with Crippen LogP contribution in [-0.4, -0.2) is 41.5 Å². The molecule has 39 heavy (non-hydrogen) atoms. The Bertz CT molecular complexity index is 1310. The number of aliphatic hydroxyl groups excluding tert-OH is 1. The zero-order valence-corrected chi connectivity index (χ0v) is 22.4. The number of hydrogen-bond donors (Lipinski definition) is 1. The van der Waals surface area contributed by atoms with Gasteiger partial charge >= 0.3 is 0 Å². The van der Waals surface area contributed by atoms with Crippen molar-refractivity contribution in [2.45, 2.75) is 51.5 Å². The molecule has 0 spiro atoms. The number of unbranched alkanes of at least 4 members (excludes halogenated alkanes) is 2. The van der Waals surface area contributed by atoms with Crippen LogP contribution in [0.4, 0.5) is 11.4 Å². The van der Waals surface area contributed by atoms with Crippen LogP contribution >= 0.6 is 0 Å². The Morgan fingerprint density at radius 2 is 1.64 bits per heavy atom. The van der Waals surface area contributed by atoms with Gasteiger partial charge < -0.3 is 14.7 Å². The first kappa shape index (κ1) is 26.5. The molecule has 1 atom stereocenters. The van der Waals surface area contributed by atoms with Crippen LogP contribution in [0.2, 0.25) is 0 Å². The largest absolute Gasteiger partial charge is 0.507 e. The molecular formula is C32H35N3O4. The predicted octanol–water partition coefficient (Wildman–Crippen LogP) is 6.27. The van der Waals surface area contributed by atoms with Gasteiger partial charge in [0.2, 0.25) is 0 Å². The molecule has 7 nitrogen and oxygen atoms in total. The highest BCUT2D eigenvalue weighted by atomic mass is 16.5. The SMILES string of the molecule is CCCCCOc1ccc(/C(O)=C2\C(=O)C(=O)N(c3ccc(N4CCCCC4)cc3)C2c2ccccn2)cc1. The highest BCUT2D eigenvalue weighted by Crippen LogP contribution is 2.42. The van der Waals surface area contributed by atoms with E-state index in [-0.39, 0.29) is 11.3 Å². The van der Waals surface area contributed by atoms with Gasteiger partial charge in [-0.2, -0.15) is 0 Å². The smallest absolute Gasteiger partial charge is 0.300 e. The molecule has 7 heteroatoms. The normalized spacial score (nSPS) is 18.9. The van der Waals surface area contributed by atoms with E-state index in [0.29, 0.717) is 29.3 Å². The van der Waals surface area contributed by atoms with Crippen LogP contribution < -0.4 is 14.5 Å². The standard InChI is InChI=1S/C32H35N3O4/c1-2-3-9-22-39-26-17-11-23(12-18-26)30(36)28-29(27-10-5-6-19-33-27)35(32(38)31(28)37)25-15-13-24(14-16-25)34-20-7-4-8-21-34/h5-6,10-19,29,36H,2-4,7-9,20-22H2,1H3/b30-28+. The van der Waals surface area contributed by atoms with Gasteiger partial charge in [-0.3, -0.25) is 19.5 Å². The van der Waals surface area contributed by atoms with Crippen LogP contribution in [0.5, 0.6) is 5.75 Å². The fraction of sp³-hybridized carbons (Fsp3) is 0.344. The van der Waals surface area contributed by atoms with E-state index in [1.54, 1.807) is 42.6 Å². The van der Waals surface area contributed by atoms with Gasteiger partial charge in [0.05, 0.1) is 17.9 Å². The minimum atomic E-state index is -0.850. The second-order valence-electron chi connectivity index (χ2n) is 10.1. The molecule has 2 aromatic carbocycles. The van der Waals surface area contributed by atoms with Crippen molar-refractivity contribution in [3.8, 4) is 5.75 Å². The number of hydrogen-bond acceptors (Lipinski definition) is 6. The molecule has 2 fully saturated rings. The number of ketones is 1. The van der Waals surface area contributed by atoms with Crippen LogP contribution in [0.25, 0.3) is 5.76 Å². The average Bonchev–Trinajstić information content (AvgIpc) is 3.26. The van der Waals surface area contributed by atoms with Gasteiger partial charge in [0, 0.05) is 36.2 Å². The Morgan fingerprint density at radius 1 is 0.923 bits per heavy atom. The Hall–Kier alpha value is -4.13. The summed E-state index contributed by atoms with van der Waals surface area (Å²) in [6.07, 6.45) is 8.41. The van der Waals surface area contributed by atoms with Crippen molar-refractivity contribution in [1.29, 1.82) is 0 Å². The van der Waals surface area contributed by atoms with Gasteiger partial charge in [0.25, 0.3) is 11.7 Å². The zero-order chi connectivity index (χ0) is 27.2. The van der Waals surface area contributed by atoms with Crippen LogP contribution in [0.1, 0.15) is 62.7 Å². The minimum absolute atomic E-state index is 0.0235. The molecule has 2 saturated heterocycles. The molecule has 1 amide bonds. The van der Waals surface area contributed by atoms with E-state index in [4.69, 9.17) is 4.74 Å². The van der Waals surface area contributed by atoms with Crippen LogP contribution in [0, 0.1) is 0 Å². The van der Waals surface area contributed by atoms with Crippen molar-refractivity contribution >= 4 is 28.8 Å². The number of pyridine rings is 1. The highest BCUT2D eigenvalue weighted by molar-refractivity contribution is 6.51. The van der Waals surface area contributed by atoms with E-state index in [1.807, 2.05) is 30.3 Å². The van der Waals surface area contributed by atoms with E-state index >= 15 is 0 Å². The Morgan fingerprint density at radius 3 is 2.31 bits per heavy atom. The third-order valence-electron chi connectivity index (χ3n) is 7.41. The predicted molar refractivity (Wildman–Crippen MR) is 153 cm³/mol. The molecule has 5 rings (SSSR count). The molecule has 3 aromatic rings. The van der Waals surface area contributed by atoms with E-state index in [2.05, 4.69) is 16.8 Å². The summed E-state index contributed by atoms with van der Waals surface area (Å²) in [5.41, 5.74) is 2.66. The second kappa shape index (κ2) is 12.2. The highest BCUT2D eigenvalue weighted by Gasteiger charge is 2.47. The molecule has 3 heterocycles. The molecule has 0 radical (unpaired) electrons. The van der Waals surface area contributed by atoms with E-state index in [9.17, 15) is 14.7 Å². The molecule has 1 unspecified atom stereocenters. The van der Waals surface area contributed by atoms with Gasteiger partial charge in [-0.05, 0) is 86.3 Å². The molecule has 0 aliphatic carbocycles. The number of aliphatic hydroxyl groups is 1. The Kier molecular flexibility index (Phi) is 8.25. The lowest BCUT2D eigenvalue weighted by Gasteiger charge is -2.30. The topological polar surface area (TPSA) is 83.0 Å². The number of Topliss-reactive ketones (excluding diaryl/α,β-unsaturated/α-hetero) is 1. The lowest BCUT2D eigenvalue weighted by Crippen LogP contribution is -2.31. The molecule has 2 aliphatic heterocycles. The molecule has 1 aromatic heterocycles. The Balaban J connectivity index is 1.48. The van der Waals surface area contributed by atoms with Gasteiger partial charge in [-0.15, -0.1) is 0 Å². The maximum absolute atomic E-state index is 13.4. The number of anilines is 2. The maximum Gasteiger partial charge on any atom is 0.300 e. The van der Waals surface area contributed by atoms with E-state index < -0.39 is 17.7 Å². The lowest BCUT2D eigenvalue weighted by molar-refractivity contribution is -0.132. The summed E-state index contributed by atoms with van der Waals surface area (Å²) in [6.45, 7) is 4.80. The quantitative estimate of drug-likeness (QED) is 0.154. The summed E-state index contributed by atoms with van der Waals surface area (Å²) in [5, 5.41) is 11.4. The maximum atomic E-state index is 13.4. The molecule has 0 bridgehead atoms. The minimum Gasteiger partial charge on any atom is -0.507 e. The third-order valence-corrected chi connectivity index (χ3v) is 7.41. The summed E-state index contributed by atoms with van der Waals surface area (Å²) in [4.78, 5) is 35.1. The number of piperidine rings is 1. The Labute approximate surface area is 229 Å². The monoisotopic (exact) mass is 525 g/mol. The van der Waals surface area contributed by atoms with Crippen molar-refractivity contribution in [3.63, 3.8) is 0 Å². The summed E-state index contributed by atoms with van der Waals surface area (Å²) < 4.78 is 5.78. The van der Waals surface area contributed by atoms with E-state index in [1.165, 1.54) is 24.2 Å². The number of carbonyl (C=O) groups excluding carboxylic acids is 2. The molecule has 1 N–H and O–H groups in total. The number of ether oxygens (including phenoxy) is 1. The number of carbonyl (C=O) groups is 2. The van der Waals surface area contributed by atoms with Gasteiger partial charge in [-0.25, -0.2) is 0 Å². The molecule has 202 valence electrons. The number of benzene rings is 2. The number of amides is 1. The first-order valence-corrected chi connectivity index (χ1v) is 13.9. The van der Waals surface area contributed by atoms with Crippen molar-refractivity contribution in [2.24, 2.45) is 0 Å². The number of nitrogens with zero attached hydrogens (tertiary/aromatic N) is 3. The third kappa shape index (κ3) is 5.67. The van der Waals surface area contributed by atoms with Crippen LogP contribution in [0.15, 0.2) is 78.5 Å². The first-order chi connectivity index (χ1) is 19.1. The molecule has 2 aliphatic rings. The molecular weight excluding hydrogens is 490 g/mol. The summed E-state index contributed by atoms with van der Waals surface area (Å²) in [5.74, 6) is -0.955. The van der Waals surface area contributed by atoms with Crippen molar-refractivity contribution in [3.05, 3.63) is 89.8 Å². The van der Waals surface area contributed by atoms with Crippen molar-refractivity contribution in [1.82, 2.24) is 4.98 Å². The fourth-order valence-corrected chi connectivity index (χ4v) is 5.30. The number of aromatic nitrogens is 1. The summed E-state index contributed by atoms with van der Waals surface area (Å²) in [7, 11) is 0. The summed E-state index contributed by atoms with van der Waals surface area (Å²) in [6, 6.07) is 19.2. The lowest BCUT2D eigenvalue weighted by atomic mass is 9.98. The van der Waals surface area contributed by atoms with Gasteiger partial charge in [-0.1, -0.05) is 25.8 Å². The number of rotatable bonds is 9. The first-order valence-electron chi connectivity index (χ1n) is 13.9. The fourth-order valence-electron chi connectivity index (χ4n) is 5.30. The van der Waals surface area contributed by atoms with Gasteiger partial charge in [0.15, 0.2) is 0 Å². The van der Waals surface area contributed by atoms with Crippen molar-refractivity contribution < 1.29 is 19.4 Å². The zero-order valence-electron chi connectivity index (χ0n) is 22.4. The average molecular weight is 526 g/mol. The van der Waals surface area contributed by atoms with Gasteiger partial charge in [0.1, 0.15) is 17.6 Å². The van der Waals surface area contributed by atoms with Crippen molar-refractivity contribution in [2.75, 3.05) is 29.5 Å². The second-order valence-corrected chi connectivity index (χ2v) is 10.1. The molecule has 0 saturated carbocycles. The summed E-state index contributed by atoms with van der Waals surface area (Å²) >= 11 is 0. The van der Waals surface area contributed by atoms with Crippen LogP contribution in [-0.2, 0) is 9.59 Å². The van der Waals surface area contributed by atoms with Crippen LogP contribution in [0.3, 0.4) is 0 Å². The van der Waals surface area contributed by atoms with E-state index in [0.717, 1.165) is 38.0 Å².